The minimum atomic E-state index is -0.385. The second kappa shape index (κ2) is 9.08. The zero-order chi connectivity index (χ0) is 17.4. The van der Waals surface area contributed by atoms with Gasteiger partial charge in [0.05, 0.1) is 24.8 Å². The van der Waals surface area contributed by atoms with Gasteiger partial charge in [0.2, 0.25) is 0 Å². The number of benzene rings is 1. The quantitative estimate of drug-likeness (QED) is 0.559. The molecule has 1 heterocycles. The van der Waals surface area contributed by atoms with Gasteiger partial charge < -0.3 is 9.47 Å². The summed E-state index contributed by atoms with van der Waals surface area (Å²) in [6.45, 7) is 2.45. The predicted molar refractivity (Wildman–Crippen MR) is 91.3 cm³/mol. The SMILES string of the molecule is CCCCOC(=O)c1cncc(Sc2cccc(C(=O)OC)c2)c1. The van der Waals surface area contributed by atoms with Crippen LogP contribution in [0.2, 0.25) is 0 Å². The minimum absolute atomic E-state index is 0.373. The number of methoxy groups -OCH3 is 1. The van der Waals surface area contributed by atoms with Crippen LogP contribution in [0.5, 0.6) is 0 Å². The first-order chi connectivity index (χ1) is 11.6. The van der Waals surface area contributed by atoms with Crippen LogP contribution in [0.4, 0.5) is 0 Å². The van der Waals surface area contributed by atoms with Crippen LogP contribution in [-0.2, 0) is 9.47 Å². The molecule has 0 amide bonds. The number of unbranched alkanes of at least 4 members (excludes halogenated alkanes) is 1. The van der Waals surface area contributed by atoms with E-state index in [1.165, 1.54) is 25.1 Å². The van der Waals surface area contributed by atoms with E-state index in [1.54, 1.807) is 30.5 Å². The number of carbonyl (C=O) groups excluding carboxylic acids is 2. The number of nitrogens with zero attached hydrogens (tertiary/aromatic N) is 1. The van der Waals surface area contributed by atoms with Gasteiger partial charge in [-0.1, -0.05) is 31.2 Å². The molecule has 126 valence electrons. The fourth-order valence-corrected chi connectivity index (χ4v) is 2.82. The number of aromatic nitrogens is 1. The molecule has 2 aromatic rings. The highest BCUT2D eigenvalue weighted by molar-refractivity contribution is 7.99. The predicted octanol–water partition coefficient (Wildman–Crippen LogP) is 3.98. The van der Waals surface area contributed by atoms with E-state index in [4.69, 9.17) is 9.47 Å². The molecule has 6 heteroatoms. The molecule has 0 aliphatic heterocycles. The van der Waals surface area contributed by atoms with Crippen molar-refractivity contribution < 1.29 is 19.1 Å². The van der Waals surface area contributed by atoms with Crippen LogP contribution in [0.3, 0.4) is 0 Å². The largest absolute Gasteiger partial charge is 0.465 e. The third-order valence-corrected chi connectivity index (χ3v) is 4.12. The third-order valence-electron chi connectivity index (χ3n) is 3.17. The van der Waals surface area contributed by atoms with Gasteiger partial charge in [-0.3, -0.25) is 4.98 Å². The molecule has 0 radical (unpaired) electrons. The van der Waals surface area contributed by atoms with Crippen LogP contribution in [0.1, 0.15) is 40.5 Å². The molecule has 1 aromatic carbocycles. The van der Waals surface area contributed by atoms with Gasteiger partial charge in [-0.05, 0) is 30.7 Å². The number of esters is 2. The summed E-state index contributed by atoms with van der Waals surface area (Å²) in [5.41, 5.74) is 0.894. The number of rotatable bonds is 7. The molecule has 1 aromatic heterocycles. The molecule has 0 N–H and O–H groups in total. The maximum absolute atomic E-state index is 12.0. The highest BCUT2D eigenvalue weighted by Gasteiger charge is 2.10. The Hall–Kier alpha value is -2.34. The van der Waals surface area contributed by atoms with Crippen LogP contribution in [-0.4, -0.2) is 30.6 Å². The lowest BCUT2D eigenvalue weighted by atomic mass is 10.2. The van der Waals surface area contributed by atoms with Crippen LogP contribution < -0.4 is 0 Å². The molecule has 0 unspecified atom stereocenters. The Morgan fingerprint density at radius 3 is 2.62 bits per heavy atom. The normalized spacial score (nSPS) is 10.2. The van der Waals surface area contributed by atoms with E-state index >= 15 is 0 Å². The summed E-state index contributed by atoms with van der Waals surface area (Å²) in [5.74, 6) is -0.759. The van der Waals surface area contributed by atoms with E-state index in [9.17, 15) is 9.59 Å². The molecular formula is C18H19NO4S. The first-order valence-corrected chi connectivity index (χ1v) is 8.44. The average Bonchev–Trinajstić information content (AvgIpc) is 2.61. The number of ether oxygens (including phenoxy) is 2. The van der Waals surface area contributed by atoms with Crippen molar-refractivity contribution >= 4 is 23.7 Å². The van der Waals surface area contributed by atoms with E-state index in [0.717, 1.165) is 22.6 Å². The lowest BCUT2D eigenvalue weighted by molar-refractivity contribution is 0.0498. The lowest BCUT2D eigenvalue weighted by Gasteiger charge is -2.06. The summed E-state index contributed by atoms with van der Waals surface area (Å²) in [6, 6.07) is 8.82. The van der Waals surface area contributed by atoms with Crippen molar-refractivity contribution in [2.45, 2.75) is 29.6 Å². The first kappa shape index (κ1) is 18.0. The Morgan fingerprint density at radius 1 is 1.08 bits per heavy atom. The Kier molecular flexibility index (Phi) is 6.81. The molecule has 5 nitrogen and oxygen atoms in total. The van der Waals surface area contributed by atoms with Gasteiger partial charge in [-0.15, -0.1) is 0 Å². The highest BCUT2D eigenvalue weighted by atomic mass is 32.2. The second-order valence-electron chi connectivity index (χ2n) is 5.02. The molecule has 0 aliphatic rings. The summed E-state index contributed by atoms with van der Waals surface area (Å²) in [4.78, 5) is 29.3. The highest BCUT2D eigenvalue weighted by Crippen LogP contribution is 2.28. The van der Waals surface area contributed by atoms with Gasteiger partial charge in [-0.25, -0.2) is 9.59 Å². The fraction of sp³-hybridized carbons (Fsp3) is 0.278. The Balaban J connectivity index is 2.09. The van der Waals surface area contributed by atoms with Crippen molar-refractivity contribution in [1.29, 1.82) is 0 Å². The van der Waals surface area contributed by atoms with Crippen LogP contribution in [0.25, 0.3) is 0 Å². The zero-order valence-electron chi connectivity index (χ0n) is 13.7. The maximum Gasteiger partial charge on any atom is 0.339 e. The van der Waals surface area contributed by atoms with Crippen LogP contribution in [0, 0.1) is 0 Å². The number of hydrogen-bond acceptors (Lipinski definition) is 6. The summed E-state index contributed by atoms with van der Waals surface area (Å²) >= 11 is 1.41. The van der Waals surface area contributed by atoms with Crippen molar-refractivity contribution in [2.75, 3.05) is 13.7 Å². The third kappa shape index (κ3) is 5.09. The monoisotopic (exact) mass is 345 g/mol. The Bertz CT molecular complexity index is 718. The molecule has 0 atom stereocenters. The second-order valence-corrected chi connectivity index (χ2v) is 6.17. The molecule has 0 saturated carbocycles. The molecule has 0 aliphatic carbocycles. The van der Waals surface area contributed by atoms with Crippen molar-refractivity contribution in [2.24, 2.45) is 0 Å². The molecule has 24 heavy (non-hydrogen) atoms. The lowest BCUT2D eigenvalue weighted by Crippen LogP contribution is -2.06. The molecular weight excluding hydrogens is 326 g/mol. The average molecular weight is 345 g/mol. The zero-order valence-corrected chi connectivity index (χ0v) is 14.5. The van der Waals surface area contributed by atoms with Gasteiger partial charge >= 0.3 is 11.9 Å². The summed E-state index contributed by atoms with van der Waals surface area (Å²) in [7, 11) is 1.35. The molecule has 0 bridgehead atoms. The standard InChI is InChI=1S/C18H19NO4S/c1-3-4-8-23-18(21)14-10-16(12-19-11-14)24-15-7-5-6-13(9-15)17(20)22-2/h5-7,9-12H,3-4,8H2,1-2H3. The minimum Gasteiger partial charge on any atom is -0.465 e. The van der Waals surface area contributed by atoms with E-state index in [1.807, 2.05) is 13.0 Å². The van der Waals surface area contributed by atoms with E-state index in [-0.39, 0.29) is 11.9 Å². The fourth-order valence-electron chi connectivity index (χ4n) is 1.92. The number of carbonyl (C=O) groups is 2. The molecule has 0 spiro atoms. The number of pyridine rings is 1. The Morgan fingerprint density at radius 2 is 1.88 bits per heavy atom. The first-order valence-electron chi connectivity index (χ1n) is 7.62. The van der Waals surface area contributed by atoms with Gasteiger partial charge in [0, 0.05) is 22.2 Å². The smallest absolute Gasteiger partial charge is 0.339 e. The summed E-state index contributed by atoms with van der Waals surface area (Å²) < 4.78 is 9.91. The van der Waals surface area contributed by atoms with Gasteiger partial charge in [0.1, 0.15) is 0 Å². The van der Waals surface area contributed by atoms with Gasteiger partial charge in [0.25, 0.3) is 0 Å². The number of hydrogen-bond donors (Lipinski definition) is 0. The van der Waals surface area contributed by atoms with Gasteiger partial charge in [0.15, 0.2) is 0 Å². The van der Waals surface area contributed by atoms with Crippen LogP contribution in [0.15, 0.2) is 52.5 Å². The summed E-state index contributed by atoms with van der Waals surface area (Å²) in [5, 5.41) is 0. The molecule has 2 rings (SSSR count). The van der Waals surface area contributed by atoms with Crippen molar-refractivity contribution in [3.8, 4) is 0 Å². The summed E-state index contributed by atoms with van der Waals surface area (Å²) in [6.07, 6.45) is 4.97. The molecule has 0 fully saturated rings. The van der Waals surface area contributed by atoms with E-state index in [2.05, 4.69) is 4.98 Å². The van der Waals surface area contributed by atoms with Crippen LogP contribution >= 0.6 is 11.8 Å². The Labute approximate surface area is 145 Å². The van der Waals surface area contributed by atoms with Crippen molar-refractivity contribution in [3.63, 3.8) is 0 Å². The van der Waals surface area contributed by atoms with Crippen molar-refractivity contribution in [1.82, 2.24) is 4.98 Å². The molecule has 0 saturated heterocycles. The van der Waals surface area contributed by atoms with E-state index < -0.39 is 0 Å². The van der Waals surface area contributed by atoms with E-state index in [0.29, 0.717) is 17.7 Å². The van der Waals surface area contributed by atoms with Crippen molar-refractivity contribution in [3.05, 3.63) is 53.9 Å². The maximum atomic E-state index is 12.0. The topological polar surface area (TPSA) is 65.5 Å². The van der Waals surface area contributed by atoms with Gasteiger partial charge in [-0.2, -0.15) is 0 Å².